The summed E-state index contributed by atoms with van der Waals surface area (Å²) in [6, 6.07) is 34.7. The number of anilines is 1. The zero-order chi connectivity index (χ0) is 23.6. The van der Waals surface area contributed by atoms with Gasteiger partial charge in [-0.15, -0.1) is 0 Å². The van der Waals surface area contributed by atoms with Crippen molar-refractivity contribution in [1.82, 2.24) is 4.98 Å². The first-order valence-electron chi connectivity index (χ1n) is 12.7. The molecule has 1 atom stereocenters. The Morgan fingerprint density at radius 1 is 0.647 bits per heavy atom. The largest absolute Gasteiger partial charge is 0.373 e. The van der Waals surface area contributed by atoms with Gasteiger partial charge in [0.2, 0.25) is 0 Å². The van der Waals surface area contributed by atoms with Gasteiger partial charge in [0.05, 0.1) is 17.4 Å². The first-order valence-corrected chi connectivity index (χ1v) is 12.7. The molecule has 3 aromatic carbocycles. The summed E-state index contributed by atoms with van der Waals surface area (Å²) in [6.45, 7) is 4.48. The van der Waals surface area contributed by atoms with E-state index in [1.165, 1.54) is 42.4 Å². The zero-order valence-corrected chi connectivity index (χ0v) is 20.5. The van der Waals surface area contributed by atoms with Crippen molar-refractivity contribution in [3.8, 4) is 11.3 Å². The highest BCUT2D eigenvalue weighted by Gasteiger charge is 2.17. The maximum absolute atomic E-state index is 5.08. The van der Waals surface area contributed by atoms with E-state index in [1.807, 2.05) is 6.07 Å². The molecule has 0 aliphatic rings. The summed E-state index contributed by atoms with van der Waals surface area (Å²) in [5.74, 6) is 0. The fraction of sp³-hybridized carbons (Fsp3) is 0.281. The van der Waals surface area contributed by atoms with Crippen molar-refractivity contribution >= 4 is 5.69 Å². The lowest BCUT2D eigenvalue weighted by Crippen LogP contribution is -2.14. The van der Waals surface area contributed by atoms with Crippen LogP contribution < -0.4 is 5.32 Å². The third-order valence-corrected chi connectivity index (χ3v) is 6.35. The monoisotopic (exact) mass is 448 g/mol. The van der Waals surface area contributed by atoms with E-state index in [0.717, 1.165) is 35.5 Å². The standard InChI is InChI=1S/C32H36N2/c1-3-5-11-25-17-21-28(22-18-25)32(33-29-23-19-26(20-24-29)12-6-4-2)31-16-10-15-30(34-31)27-13-8-7-9-14-27/h7-10,13-24,32-33H,3-6,11-12H2,1-2H3. The van der Waals surface area contributed by atoms with Crippen molar-refractivity contribution in [2.75, 3.05) is 5.32 Å². The lowest BCUT2D eigenvalue weighted by molar-refractivity contribution is 0.793. The molecule has 0 aliphatic heterocycles. The van der Waals surface area contributed by atoms with Crippen LogP contribution in [0.4, 0.5) is 5.69 Å². The summed E-state index contributed by atoms with van der Waals surface area (Å²) in [5, 5.41) is 3.77. The molecule has 0 amide bonds. The van der Waals surface area contributed by atoms with Crippen LogP contribution in [0.1, 0.15) is 68.0 Å². The van der Waals surface area contributed by atoms with Gasteiger partial charge in [-0.05, 0) is 66.6 Å². The molecule has 0 radical (unpaired) electrons. The maximum Gasteiger partial charge on any atom is 0.0940 e. The molecular weight excluding hydrogens is 412 g/mol. The van der Waals surface area contributed by atoms with Crippen LogP contribution in [0, 0.1) is 0 Å². The fourth-order valence-corrected chi connectivity index (χ4v) is 4.28. The average molecular weight is 449 g/mol. The molecule has 0 bridgehead atoms. The SMILES string of the molecule is CCCCc1ccc(NC(c2ccc(CCCC)cc2)c2cccc(-c3ccccc3)n2)cc1. The number of unbranched alkanes of at least 4 members (excludes halogenated alkanes) is 2. The lowest BCUT2D eigenvalue weighted by Gasteiger charge is -2.21. The van der Waals surface area contributed by atoms with E-state index in [-0.39, 0.29) is 6.04 Å². The highest BCUT2D eigenvalue weighted by Crippen LogP contribution is 2.28. The molecule has 2 nitrogen and oxygen atoms in total. The van der Waals surface area contributed by atoms with Crippen molar-refractivity contribution in [1.29, 1.82) is 0 Å². The molecule has 0 aliphatic carbocycles. The molecule has 0 saturated carbocycles. The smallest absolute Gasteiger partial charge is 0.0940 e. The van der Waals surface area contributed by atoms with E-state index in [2.05, 4.69) is 110 Å². The predicted molar refractivity (Wildman–Crippen MR) is 145 cm³/mol. The van der Waals surface area contributed by atoms with Gasteiger partial charge in [-0.1, -0.05) is 99.5 Å². The minimum absolute atomic E-state index is 0.0228. The number of hydrogen-bond acceptors (Lipinski definition) is 2. The van der Waals surface area contributed by atoms with Gasteiger partial charge in [-0.2, -0.15) is 0 Å². The van der Waals surface area contributed by atoms with E-state index in [4.69, 9.17) is 4.98 Å². The third kappa shape index (κ3) is 6.35. The van der Waals surface area contributed by atoms with Gasteiger partial charge in [-0.25, -0.2) is 0 Å². The Labute approximate surface area is 205 Å². The average Bonchev–Trinajstić information content (AvgIpc) is 2.91. The van der Waals surface area contributed by atoms with Gasteiger partial charge in [-0.3, -0.25) is 4.98 Å². The van der Waals surface area contributed by atoms with Gasteiger partial charge in [0.25, 0.3) is 0 Å². The number of nitrogens with one attached hydrogen (secondary N) is 1. The van der Waals surface area contributed by atoms with E-state index in [9.17, 15) is 0 Å². The summed E-state index contributed by atoms with van der Waals surface area (Å²) >= 11 is 0. The topological polar surface area (TPSA) is 24.9 Å². The second-order valence-corrected chi connectivity index (χ2v) is 9.04. The maximum atomic E-state index is 5.08. The number of aryl methyl sites for hydroxylation is 2. The lowest BCUT2D eigenvalue weighted by atomic mass is 9.98. The molecule has 2 heteroatoms. The summed E-state index contributed by atoms with van der Waals surface area (Å²) in [4.78, 5) is 5.08. The van der Waals surface area contributed by atoms with Gasteiger partial charge >= 0.3 is 0 Å². The molecule has 1 aromatic heterocycles. The molecule has 1 heterocycles. The van der Waals surface area contributed by atoms with Crippen LogP contribution in [0.5, 0.6) is 0 Å². The second-order valence-electron chi connectivity index (χ2n) is 9.04. The van der Waals surface area contributed by atoms with Crippen molar-refractivity contribution in [3.63, 3.8) is 0 Å². The van der Waals surface area contributed by atoms with Crippen LogP contribution >= 0.6 is 0 Å². The summed E-state index contributed by atoms with van der Waals surface area (Å²) < 4.78 is 0. The summed E-state index contributed by atoms with van der Waals surface area (Å²) in [7, 11) is 0. The summed E-state index contributed by atoms with van der Waals surface area (Å²) in [6.07, 6.45) is 7.17. The van der Waals surface area contributed by atoms with E-state index >= 15 is 0 Å². The van der Waals surface area contributed by atoms with E-state index in [1.54, 1.807) is 0 Å². The number of hydrogen-bond donors (Lipinski definition) is 1. The molecule has 4 aromatic rings. The molecule has 174 valence electrons. The van der Waals surface area contributed by atoms with Crippen LogP contribution in [0.25, 0.3) is 11.3 Å². The van der Waals surface area contributed by atoms with Crippen molar-refractivity contribution in [2.24, 2.45) is 0 Å². The first kappa shape index (κ1) is 23.8. The predicted octanol–water partition coefficient (Wildman–Crippen LogP) is 8.64. The fourth-order valence-electron chi connectivity index (χ4n) is 4.28. The van der Waals surface area contributed by atoms with Crippen molar-refractivity contribution < 1.29 is 0 Å². The quantitative estimate of drug-likeness (QED) is 0.248. The minimum atomic E-state index is -0.0228. The first-order chi connectivity index (χ1) is 16.8. The highest BCUT2D eigenvalue weighted by atomic mass is 14.9. The molecule has 0 saturated heterocycles. The summed E-state index contributed by atoms with van der Waals surface area (Å²) in [5.41, 5.74) is 8.31. The third-order valence-electron chi connectivity index (χ3n) is 6.35. The van der Waals surface area contributed by atoms with Crippen LogP contribution in [0.3, 0.4) is 0 Å². The van der Waals surface area contributed by atoms with Gasteiger partial charge in [0.15, 0.2) is 0 Å². The van der Waals surface area contributed by atoms with E-state index < -0.39 is 0 Å². The Bertz CT molecular complexity index is 1130. The number of aromatic nitrogens is 1. The van der Waals surface area contributed by atoms with Gasteiger partial charge in [0, 0.05) is 11.3 Å². The zero-order valence-electron chi connectivity index (χ0n) is 20.5. The second kappa shape index (κ2) is 12.2. The Hall–Kier alpha value is -3.39. The Morgan fingerprint density at radius 3 is 1.88 bits per heavy atom. The number of nitrogens with zero attached hydrogens (tertiary/aromatic N) is 1. The number of benzene rings is 3. The Balaban J connectivity index is 1.64. The van der Waals surface area contributed by atoms with E-state index in [0.29, 0.717) is 0 Å². The van der Waals surface area contributed by atoms with Gasteiger partial charge in [0.1, 0.15) is 0 Å². The van der Waals surface area contributed by atoms with Crippen LogP contribution in [-0.4, -0.2) is 4.98 Å². The highest BCUT2D eigenvalue weighted by molar-refractivity contribution is 5.59. The van der Waals surface area contributed by atoms with Crippen LogP contribution in [0.15, 0.2) is 97.1 Å². The van der Waals surface area contributed by atoms with Crippen LogP contribution in [-0.2, 0) is 12.8 Å². The Kier molecular flexibility index (Phi) is 8.51. The molecule has 0 spiro atoms. The Morgan fingerprint density at radius 2 is 1.26 bits per heavy atom. The molecule has 0 fully saturated rings. The number of pyridine rings is 1. The van der Waals surface area contributed by atoms with Crippen molar-refractivity contribution in [3.05, 3.63) is 119 Å². The molecule has 1 N–H and O–H groups in total. The minimum Gasteiger partial charge on any atom is -0.373 e. The van der Waals surface area contributed by atoms with Crippen LogP contribution in [0.2, 0.25) is 0 Å². The molecule has 1 unspecified atom stereocenters. The normalized spacial score (nSPS) is 11.8. The molecular formula is C32H36N2. The molecule has 34 heavy (non-hydrogen) atoms. The van der Waals surface area contributed by atoms with Crippen molar-refractivity contribution in [2.45, 2.75) is 58.4 Å². The number of rotatable bonds is 11. The molecule has 4 rings (SSSR count). The van der Waals surface area contributed by atoms with Gasteiger partial charge < -0.3 is 5.32 Å².